The summed E-state index contributed by atoms with van der Waals surface area (Å²) in [4.78, 5) is 8.97. The van der Waals surface area contributed by atoms with Gasteiger partial charge in [-0.1, -0.05) is 33.0 Å². The molecule has 2 aromatic rings. The highest BCUT2D eigenvalue weighted by atomic mass is 32.1. The van der Waals surface area contributed by atoms with E-state index < -0.39 is 0 Å². The molecule has 2 aromatic heterocycles. The van der Waals surface area contributed by atoms with E-state index in [2.05, 4.69) is 30.7 Å². The van der Waals surface area contributed by atoms with E-state index in [0.717, 1.165) is 21.8 Å². The van der Waals surface area contributed by atoms with E-state index in [0.29, 0.717) is 10.2 Å². The molecule has 0 radical (unpaired) electrons. The molecule has 0 spiro atoms. The second-order valence-electron chi connectivity index (χ2n) is 6.42. The third-order valence-corrected chi connectivity index (χ3v) is 5.85. The molecule has 0 saturated heterocycles. The minimum Gasteiger partial charge on any atom is -0.324 e. The van der Waals surface area contributed by atoms with Gasteiger partial charge in [-0.25, -0.2) is 0 Å². The van der Waals surface area contributed by atoms with Crippen molar-refractivity contribution in [3.63, 3.8) is 0 Å². The van der Waals surface area contributed by atoms with Gasteiger partial charge in [-0.15, -0.1) is 11.3 Å². The van der Waals surface area contributed by atoms with Crippen molar-refractivity contribution < 1.29 is 0 Å². The molecule has 1 aliphatic carbocycles. The fourth-order valence-electron chi connectivity index (χ4n) is 2.95. The lowest BCUT2D eigenvalue weighted by atomic mass is 9.72. The SMILES string of the molecule is CC(C)(C)[C@@H]1CCc2c(sc3[nH]c(=S)[nH]c(=S)c23)C1. The van der Waals surface area contributed by atoms with Crippen molar-refractivity contribution in [2.75, 3.05) is 0 Å². The number of aryl methyl sites for hydroxylation is 1. The Labute approximate surface area is 127 Å². The molecule has 0 unspecified atom stereocenters. The van der Waals surface area contributed by atoms with Crippen LogP contribution >= 0.6 is 35.8 Å². The van der Waals surface area contributed by atoms with Crippen LogP contribution in [0.4, 0.5) is 0 Å². The van der Waals surface area contributed by atoms with Gasteiger partial charge < -0.3 is 9.97 Å². The van der Waals surface area contributed by atoms with Crippen LogP contribution < -0.4 is 0 Å². The summed E-state index contributed by atoms with van der Waals surface area (Å²) in [5.74, 6) is 0.758. The maximum Gasteiger partial charge on any atom is 0.176 e. The van der Waals surface area contributed by atoms with Crippen LogP contribution in [0.5, 0.6) is 0 Å². The summed E-state index contributed by atoms with van der Waals surface area (Å²) in [5, 5.41) is 1.20. The summed E-state index contributed by atoms with van der Waals surface area (Å²) in [6.45, 7) is 7.03. The number of rotatable bonds is 0. The van der Waals surface area contributed by atoms with Crippen LogP contribution in [-0.2, 0) is 12.8 Å². The van der Waals surface area contributed by atoms with E-state index in [4.69, 9.17) is 24.4 Å². The Balaban J connectivity index is 2.16. The van der Waals surface area contributed by atoms with Crippen molar-refractivity contribution in [2.24, 2.45) is 11.3 Å². The summed E-state index contributed by atoms with van der Waals surface area (Å²) in [7, 11) is 0. The normalized spacial score (nSPS) is 19.6. The maximum atomic E-state index is 5.45. The quantitative estimate of drug-likeness (QED) is 0.658. The standard InChI is InChI=1S/C14H18N2S3/c1-14(2,3)7-4-5-8-9(6-7)19-12-10(8)11(17)15-13(18)16-12/h7H,4-6H2,1-3H3,(H2,15,16,17,18)/t7-/m1/s1. The van der Waals surface area contributed by atoms with E-state index >= 15 is 0 Å². The van der Waals surface area contributed by atoms with Crippen LogP contribution in [0.2, 0.25) is 0 Å². The van der Waals surface area contributed by atoms with Crippen molar-refractivity contribution in [3.8, 4) is 0 Å². The Bertz CT molecular complexity index is 743. The Kier molecular flexibility index (Phi) is 3.19. The van der Waals surface area contributed by atoms with Crippen LogP contribution in [0.1, 0.15) is 37.6 Å². The lowest BCUT2D eigenvalue weighted by Gasteiger charge is -2.33. The molecule has 2 heterocycles. The van der Waals surface area contributed by atoms with Gasteiger partial charge in [0, 0.05) is 10.3 Å². The molecule has 2 nitrogen and oxygen atoms in total. The third-order valence-electron chi connectivity index (χ3n) is 4.17. The lowest BCUT2D eigenvalue weighted by molar-refractivity contribution is 0.218. The summed E-state index contributed by atoms with van der Waals surface area (Å²) in [6.07, 6.45) is 3.57. The van der Waals surface area contributed by atoms with E-state index in [1.165, 1.54) is 28.7 Å². The van der Waals surface area contributed by atoms with Gasteiger partial charge in [0.15, 0.2) is 4.77 Å². The molecule has 0 saturated carbocycles. The molecule has 19 heavy (non-hydrogen) atoms. The fraction of sp³-hybridized carbons (Fsp3) is 0.571. The Morgan fingerprint density at radius 2 is 1.95 bits per heavy atom. The summed E-state index contributed by atoms with van der Waals surface area (Å²) >= 11 is 12.5. The van der Waals surface area contributed by atoms with Gasteiger partial charge in [-0.05, 0) is 48.4 Å². The van der Waals surface area contributed by atoms with E-state index in [1.54, 1.807) is 0 Å². The van der Waals surface area contributed by atoms with Gasteiger partial charge in [0.05, 0.1) is 0 Å². The van der Waals surface area contributed by atoms with Crippen molar-refractivity contribution in [3.05, 3.63) is 19.9 Å². The first-order chi connectivity index (χ1) is 8.86. The van der Waals surface area contributed by atoms with E-state index in [9.17, 15) is 0 Å². The summed E-state index contributed by atoms with van der Waals surface area (Å²) in [6, 6.07) is 0. The smallest absolute Gasteiger partial charge is 0.176 e. The minimum absolute atomic E-state index is 0.379. The highest BCUT2D eigenvalue weighted by Gasteiger charge is 2.30. The molecule has 102 valence electrons. The van der Waals surface area contributed by atoms with Crippen molar-refractivity contribution in [1.82, 2.24) is 9.97 Å². The number of thiophene rings is 1. The van der Waals surface area contributed by atoms with Crippen LogP contribution in [0.15, 0.2) is 0 Å². The average Bonchev–Trinajstić information content (AvgIpc) is 2.64. The number of H-pyrrole nitrogens is 2. The Morgan fingerprint density at radius 3 is 2.63 bits per heavy atom. The summed E-state index contributed by atoms with van der Waals surface area (Å²) < 4.78 is 1.42. The van der Waals surface area contributed by atoms with Gasteiger partial charge in [0.1, 0.15) is 9.47 Å². The highest BCUT2D eigenvalue weighted by Crippen LogP contribution is 2.42. The lowest BCUT2D eigenvalue weighted by Crippen LogP contribution is -2.26. The molecular weight excluding hydrogens is 292 g/mol. The monoisotopic (exact) mass is 310 g/mol. The number of aromatic amines is 2. The average molecular weight is 311 g/mol. The zero-order chi connectivity index (χ0) is 13.8. The van der Waals surface area contributed by atoms with Crippen LogP contribution in [-0.4, -0.2) is 9.97 Å². The molecule has 3 rings (SSSR count). The molecule has 1 atom stereocenters. The molecule has 0 fully saturated rings. The number of hydrogen-bond donors (Lipinski definition) is 2. The van der Waals surface area contributed by atoms with Crippen molar-refractivity contribution in [2.45, 2.75) is 40.0 Å². The van der Waals surface area contributed by atoms with Crippen LogP contribution in [0.25, 0.3) is 10.2 Å². The largest absolute Gasteiger partial charge is 0.324 e. The van der Waals surface area contributed by atoms with Crippen molar-refractivity contribution >= 4 is 46.0 Å². The Hall–Kier alpha value is -0.520. The first-order valence-corrected chi connectivity index (χ1v) is 8.26. The number of aromatic nitrogens is 2. The van der Waals surface area contributed by atoms with Gasteiger partial charge in [0.25, 0.3) is 0 Å². The zero-order valence-electron chi connectivity index (χ0n) is 11.4. The maximum absolute atomic E-state index is 5.45. The molecule has 0 aromatic carbocycles. The molecule has 2 N–H and O–H groups in total. The number of nitrogens with one attached hydrogen (secondary N) is 2. The highest BCUT2D eigenvalue weighted by molar-refractivity contribution is 7.72. The molecule has 5 heteroatoms. The summed E-state index contributed by atoms with van der Waals surface area (Å²) in [5.41, 5.74) is 1.83. The van der Waals surface area contributed by atoms with Gasteiger partial charge in [-0.2, -0.15) is 0 Å². The van der Waals surface area contributed by atoms with Crippen molar-refractivity contribution in [1.29, 1.82) is 0 Å². The van der Waals surface area contributed by atoms with Gasteiger partial charge >= 0.3 is 0 Å². The van der Waals surface area contributed by atoms with Gasteiger partial charge in [0.2, 0.25) is 0 Å². The zero-order valence-corrected chi connectivity index (χ0v) is 13.9. The molecule has 0 bridgehead atoms. The minimum atomic E-state index is 0.379. The predicted octanol–water partition coefficient (Wildman–Crippen LogP) is 5.17. The molecule has 1 aliphatic rings. The Morgan fingerprint density at radius 1 is 1.21 bits per heavy atom. The second kappa shape index (κ2) is 4.50. The molecule has 0 amide bonds. The van der Waals surface area contributed by atoms with Crippen LogP contribution in [0.3, 0.4) is 0 Å². The fourth-order valence-corrected chi connectivity index (χ4v) is 5.02. The number of hydrogen-bond acceptors (Lipinski definition) is 3. The molecule has 0 aliphatic heterocycles. The molecular formula is C14H18N2S3. The first-order valence-electron chi connectivity index (χ1n) is 6.63. The van der Waals surface area contributed by atoms with E-state index in [1.807, 2.05) is 11.3 Å². The first kappa shape index (κ1) is 13.5. The van der Waals surface area contributed by atoms with Gasteiger partial charge in [-0.3, -0.25) is 0 Å². The van der Waals surface area contributed by atoms with Crippen LogP contribution in [0, 0.1) is 20.7 Å². The number of fused-ring (bicyclic) bond motifs is 3. The predicted molar refractivity (Wildman–Crippen MR) is 87.2 cm³/mol. The topological polar surface area (TPSA) is 31.6 Å². The second-order valence-corrected chi connectivity index (χ2v) is 8.34. The third kappa shape index (κ3) is 2.32. The van der Waals surface area contributed by atoms with E-state index in [-0.39, 0.29) is 0 Å².